The maximum absolute atomic E-state index is 13.4. The summed E-state index contributed by atoms with van der Waals surface area (Å²) in [6.45, 7) is 3.48. The van der Waals surface area contributed by atoms with Gasteiger partial charge in [-0.25, -0.2) is 9.18 Å². The normalized spacial score (nSPS) is 19.9. The van der Waals surface area contributed by atoms with E-state index in [9.17, 15) is 14.0 Å². The first-order chi connectivity index (χ1) is 20.9. The smallest absolute Gasteiger partial charge is 0.315 e. The van der Waals surface area contributed by atoms with Gasteiger partial charge in [0.15, 0.2) is 0 Å². The second kappa shape index (κ2) is 14.8. The van der Waals surface area contributed by atoms with Gasteiger partial charge in [0.2, 0.25) is 0 Å². The zero-order valence-corrected chi connectivity index (χ0v) is 24.1. The number of carbonyl (C=O) groups excluding carboxylic acids is 2. The average molecular weight is 593 g/mol. The largest absolute Gasteiger partial charge is 0.491 e. The van der Waals surface area contributed by atoms with E-state index in [1.807, 2.05) is 24.3 Å². The molecule has 0 saturated carbocycles. The number of nitrogens with one attached hydrogen (secondary N) is 3. The first kappa shape index (κ1) is 30.3. The van der Waals surface area contributed by atoms with Crippen molar-refractivity contribution in [3.05, 3.63) is 89.2 Å². The quantitative estimate of drug-likeness (QED) is 0.373. The van der Waals surface area contributed by atoms with Crippen LogP contribution in [0.2, 0.25) is 0 Å². The van der Waals surface area contributed by atoms with E-state index in [2.05, 4.69) is 20.9 Å². The van der Waals surface area contributed by atoms with Crippen LogP contribution in [-0.4, -0.2) is 75.5 Å². The van der Waals surface area contributed by atoms with Gasteiger partial charge in [0.05, 0.1) is 25.4 Å². The number of urea groups is 1. The third-order valence-electron chi connectivity index (χ3n) is 7.27. The number of likely N-dealkylation sites (tertiary alicyclic amines) is 1. The third kappa shape index (κ3) is 8.90. The van der Waals surface area contributed by atoms with Crippen molar-refractivity contribution in [1.82, 2.24) is 20.9 Å². The van der Waals surface area contributed by atoms with E-state index in [1.54, 1.807) is 37.4 Å². The Morgan fingerprint density at radius 1 is 0.977 bits per heavy atom. The molecule has 0 spiro atoms. The van der Waals surface area contributed by atoms with Crippen LogP contribution >= 0.6 is 0 Å². The van der Waals surface area contributed by atoms with E-state index in [-0.39, 0.29) is 43.0 Å². The fourth-order valence-electron chi connectivity index (χ4n) is 5.11. The number of nitrogens with zero attached hydrogens (tertiary/aromatic N) is 1. The molecule has 43 heavy (non-hydrogen) atoms. The van der Waals surface area contributed by atoms with Gasteiger partial charge < -0.3 is 34.9 Å². The topological polar surface area (TPSA) is 110 Å². The lowest BCUT2D eigenvalue weighted by molar-refractivity contribution is -0.0303. The van der Waals surface area contributed by atoms with Crippen molar-refractivity contribution < 1.29 is 32.9 Å². The number of benzene rings is 3. The van der Waals surface area contributed by atoms with Crippen LogP contribution in [0.15, 0.2) is 66.7 Å². The number of halogens is 1. The van der Waals surface area contributed by atoms with E-state index >= 15 is 0 Å². The number of carbonyl (C=O) groups is 2. The lowest BCUT2D eigenvalue weighted by Gasteiger charge is -2.38. The molecule has 0 unspecified atom stereocenters. The Morgan fingerprint density at radius 3 is 2.65 bits per heavy atom. The summed E-state index contributed by atoms with van der Waals surface area (Å²) in [6, 6.07) is 18.5. The molecule has 11 heteroatoms. The summed E-state index contributed by atoms with van der Waals surface area (Å²) in [6.07, 6.45) is 0.398. The molecule has 4 bridgehead atoms. The Balaban J connectivity index is 1.34. The second-order valence-electron chi connectivity index (χ2n) is 10.5. The van der Waals surface area contributed by atoms with Gasteiger partial charge in [0.25, 0.3) is 5.91 Å². The molecule has 1 saturated heterocycles. The number of piperidine rings is 1. The Labute approximate surface area is 250 Å². The molecule has 10 nitrogen and oxygen atoms in total. The number of methoxy groups -OCH3 is 1. The molecule has 5 rings (SSSR count). The highest BCUT2D eigenvalue weighted by Crippen LogP contribution is 2.29. The number of hydrogen-bond acceptors (Lipinski definition) is 7. The zero-order valence-electron chi connectivity index (χ0n) is 24.1. The average Bonchev–Trinajstić information content (AvgIpc) is 3.00. The summed E-state index contributed by atoms with van der Waals surface area (Å²) < 4.78 is 36.8. The van der Waals surface area contributed by atoms with Crippen molar-refractivity contribution >= 4 is 11.9 Å². The number of amides is 3. The summed E-state index contributed by atoms with van der Waals surface area (Å²) >= 11 is 0. The molecule has 2 aliphatic heterocycles. The predicted octanol–water partition coefficient (Wildman–Crippen LogP) is 3.85. The lowest BCUT2D eigenvalue weighted by Crippen LogP contribution is -2.56. The molecule has 228 valence electrons. The van der Waals surface area contributed by atoms with Gasteiger partial charge in [0.1, 0.15) is 29.7 Å². The van der Waals surface area contributed by atoms with Crippen LogP contribution in [0.25, 0.3) is 0 Å². The van der Waals surface area contributed by atoms with Crippen LogP contribution in [0.1, 0.15) is 27.9 Å². The molecular weight excluding hydrogens is 555 g/mol. The summed E-state index contributed by atoms with van der Waals surface area (Å²) in [4.78, 5) is 28.0. The number of hydrogen-bond donors (Lipinski definition) is 3. The minimum atomic E-state index is -0.327. The summed E-state index contributed by atoms with van der Waals surface area (Å²) in [5, 5.41) is 8.71. The van der Waals surface area contributed by atoms with Crippen LogP contribution in [0, 0.1) is 5.82 Å². The molecule has 3 amide bonds. The Hall–Kier alpha value is -4.19. The minimum absolute atomic E-state index is 0.214. The van der Waals surface area contributed by atoms with Gasteiger partial charge in [-0.3, -0.25) is 9.69 Å². The number of ether oxygens (including phenoxy) is 4. The molecule has 3 N–H and O–H groups in total. The number of fused-ring (bicyclic) bond motifs is 5. The van der Waals surface area contributed by atoms with E-state index in [0.29, 0.717) is 62.1 Å². The first-order valence-corrected chi connectivity index (χ1v) is 14.4. The molecule has 1 fully saturated rings. The molecule has 2 heterocycles. The molecule has 0 aromatic heterocycles. The summed E-state index contributed by atoms with van der Waals surface area (Å²) in [5.41, 5.74) is 2.27. The first-order valence-electron chi connectivity index (χ1n) is 14.4. The van der Waals surface area contributed by atoms with Crippen LogP contribution in [0.4, 0.5) is 9.18 Å². The highest BCUT2D eigenvalue weighted by molar-refractivity contribution is 5.95. The van der Waals surface area contributed by atoms with Crippen molar-refractivity contribution in [1.29, 1.82) is 0 Å². The highest BCUT2D eigenvalue weighted by atomic mass is 19.1. The molecular formula is C32H37FN4O6. The summed E-state index contributed by atoms with van der Waals surface area (Å²) in [5.74, 6) is 0.915. The highest BCUT2D eigenvalue weighted by Gasteiger charge is 2.31. The molecule has 3 aromatic carbocycles. The van der Waals surface area contributed by atoms with E-state index in [1.165, 1.54) is 12.1 Å². The lowest BCUT2D eigenvalue weighted by atomic mass is 10.0. The third-order valence-corrected chi connectivity index (χ3v) is 7.27. The Bertz CT molecular complexity index is 1390. The fraction of sp³-hybridized carbons (Fsp3) is 0.375. The van der Waals surface area contributed by atoms with Gasteiger partial charge >= 0.3 is 6.03 Å². The van der Waals surface area contributed by atoms with Crippen molar-refractivity contribution in [3.8, 4) is 17.2 Å². The molecule has 0 radical (unpaired) electrons. The predicted molar refractivity (Wildman–Crippen MR) is 158 cm³/mol. The SMILES string of the molecule is COCCOc1cc2cc(c1)C(=O)NCCNC(=O)N[C@H]1CCN(Cc3ccc(F)cc3)C[C@@H]1OCc1cccc(c1)O2. The van der Waals surface area contributed by atoms with E-state index in [0.717, 1.165) is 17.7 Å². The van der Waals surface area contributed by atoms with Crippen LogP contribution in [0.3, 0.4) is 0 Å². The van der Waals surface area contributed by atoms with Gasteiger partial charge in [0, 0.05) is 51.5 Å². The van der Waals surface area contributed by atoms with E-state index < -0.39 is 0 Å². The van der Waals surface area contributed by atoms with Crippen molar-refractivity contribution in [2.75, 3.05) is 46.5 Å². The van der Waals surface area contributed by atoms with Crippen molar-refractivity contribution in [2.45, 2.75) is 31.7 Å². The maximum atomic E-state index is 13.4. The molecule has 0 aliphatic carbocycles. The number of rotatable bonds is 6. The van der Waals surface area contributed by atoms with Gasteiger partial charge in [-0.1, -0.05) is 24.3 Å². The Kier molecular flexibility index (Phi) is 10.4. The zero-order chi connectivity index (χ0) is 30.0. The maximum Gasteiger partial charge on any atom is 0.315 e. The summed E-state index contributed by atoms with van der Waals surface area (Å²) in [7, 11) is 1.59. The standard InChI is InChI=1S/C32H37FN4O6/c1-40-13-14-41-27-16-24-17-28(18-27)43-26-4-2-3-23(15-26)21-42-30-20-37(19-22-5-7-25(33)8-6-22)12-9-29(30)36-32(39)35-11-10-34-31(24)38/h2-8,15-18,29-30H,9-14,19-21H2,1H3,(H,34,38)(H2,35,36,39)/t29-,30-/m0/s1. The van der Waals surface area contributed by atoms with Gasteiger partial charge in [-0.2, -0.15) is 0 Å². The monoisotopic (exact) mass is 592 g/mol. The molecule has 2 aliphatic rings. The Morgan fingerprint density at radius 2 is 1.81 bits per heavy atom. The second-order valence-corrected chi connectivity index (χ2v) is 10.5. The van der Waals surface area contributed by atoms with E-state index in [4.69, 9.17) is 18.9 Å². The fourth-order valence-corrected chi connectivity index (χ4v) is 5.11. The van der Waals surface area contributed by atoms with Gasteiger partial charge in [-0.05, 0) is 53.9 Å². The van der Waals surface area contributed by atoms with Crippen LogP contribution in [0.5, 0.6) is 17.2 Å². The molecule has 3 aromatic rings. The minimum Gasteiger partial charge on any atom is -0.491 e. The van der Waals surface area contributed by atoms with Crippen molar-refractivity contribution in [3.63, 3.8) is 0 Å². The van der Waals surface area contributed by atoms with Gasteiger partial charge in [-0.15, -0.1) is 0 Å². The molecule has 2 atom stereocenters. The van der Waals surface area contributed by atoms with Crippen LogP contribution in [-0.2, 0) is 22.6 Å². The van der Waals surface area contributed by atoms with Crippen LogP contribution < -0.4 is 25.4 Å². The van der Waals surface area contributed by atoms with Crippen molar-refractivity contribution in [2.24, 2.45) is 0 Å².